The lowest BCUT2D eigenvalue weighted by molar-refractivity contribution is -0.156. The summed E-state index contributed by atoms with van der Waals surface area (Å²) in [6.45, 7) is 2.41. The SMILES string of the molecule is C[C@H](F)C(=O)OC1CCC(c2ccc(C3CCC(OC(=O)[C@H](C)F)CC3)cc2)CC1. The quantitative estimate of drug-likeness (QED) is 0.565. The predicted octanol–water partition coefficient (Wildman–Crippen LogP) is 5.54. The monoisotopic (exact) mass is 422 g/mol. The molecule has 0 aliphatic heterocycles. The van der Waals surface area contributed by atoms with E-state index in [4.69, 9.17) is 9.47 Å². The number of carbonyl (C=O) groups excluding carboxylic acids is 2. The molecule has 0 spiro atoms. The summed E-state index contributed by atoms with van der Waals surface area (Å²) >= 11 is 0. The van der Waals surface area contributed by atoms with Crippen LogP contribution in [0.25, 0.3) is 0 Å². The molecule has 30 heavy (non-hydrogen) atoms. The minimum absolute atomic E-state index is 0.170. The first-order chi connectivity index (χ1) is 14.3. The van der Waals surface area contributed by atoms with Crippen molar-refractivity contribution in [2.24, 2.45) is 0 Å². The number of hydrogen-bond acceptors (Lipinski definition) is 4. The van der Waals surface area contributed by atoms with E-state index >= 15 is 0 Å². The van der Waals surface area contributed by atoms with Crippen LogP contribution in [-0.4, -0.2) is 36.5 Å². The zero-order valence-corrected chi connectivity index (χ0v) is 17.8. The molecular weight excluding hydrogens is 390 g/mol. The molecule has 1 aromatic rings. The lowest BCUT2D eigenvalue weighted by Gasteiger charge is -2.30. The molecule has 4 nitrogen and oxygen atoms in total. The molecule has 166 valence electrons. The third kappa shape index (κ3) is 6.02. The van der Waals surface area contributed by atoms with Crippen LogP contribution in [0.3, 0.4) is 0 Å². The van der Waals surface area contributed by atoms with Gasteiger partial charge >= 0.3 is 11.9 Å². The van der Waals surface area contributed by atoms with Gasteiger partial charge in [0.25, 0.3) is 0 Å². The van der Waals surface area contributed by atoms with Gasteiger partial charge in [0.15, 0.2) is 12.3 Å². The van der Waals surface area contributed by atoms with Crippen LogP contribution in [-0.2, 0) is 19.1 Å². The molecule has 0 heterocycles. The predicted molar refractivity (Wildman–Crippen MR) is 110 cm³/mol. The van der Waals surface area contributed by atoms with E-state index in [0.29, 0.717) is 11.8 Å². The minimum Gasteiger partial charge on any atom is -0.460 e. The van der Waals surface area contributed by atoms with E-state index in [2.05, 4.69) is 24.3 Å². The number of hydrogen-bond donors (Lipinski definition) is 0. The molecule has 0 N–H and O–H groups in total. The molecule has 6 heteroatoms. The summed E-state index contributed by atoms with van der Waals surface area (Å²) < 4.78 is 36.4. The van der Waals surface area contributed by atoms with Gasteiger partial charge in [0.1, 0.15) is 12.2 Å². The highest BCUT2D eigenvalue weighted by Gasteiger charge is 2.28. The lowest BCUT2D eigenvalue weighted by atomic mass is 9.80. The van der Waals surface area contributed by atoms with Gasteiger partial charge in [-0.3, -0.25) is 0 Å². The molecule has 0 saturated heterocycles. The van der Waals surface area contributed by atoms with Crippen molar-refractivity contribution in [2.75, 3.05) is 0 Å². The van der Waals surface area contributed by atoms with Crippen molar-refractivity contribution >= 4 is 11.9 Å². The topological polar surface area (TPSA) is 52.6 Å². The van der Waals surface area contributed by atoms with Crippen LogP contribution < -0.4 is 0 Å². The first-order valence-electron chi connectivity index (χ1n) is 11.1. The highest BCUT2D eigenvalue weighted by molar-refractivity contribution is 5.74. The van der Waals surface area contributed by atoms with Crippen molar-refractivity contribution in [1.82, 2.24) is 0 Å². The Hall–Kier alpha value is -1.98. The molecule has 3 rings (SSSR count). The van der Waals surface area contributed by atoms with Crippen molar-refractivity contribution in [3.8, 4) is 0 Å². The normalized spacial score (nSPS) is 28.9. The van der Waals surface area contributed by atoms with E-state index in [9.17, 15) is 18.4 Å². The maximum Gasteiger partial charge on any atom is 0.340 e. The summed E-state index contributed by atoms with van der Waals surface area (Å²) in [6, 6.07) is 8.75. The number of benzene rings is 1. The van der Waals surface area contributed by atoms with Crippen molar-refractivity contribution in [3.05, 3.63) is 35.4 Å². The second-order valence-corrected chi connectivity index (χ2v) is 8.72. The Balaban J connectivity index is 1.46. The Kier molecular flexibility index (Phi) is 7.84. The zero-order chi connectivity index (χ0) is 21.7. The molecule has 0 bridgehead atoms. The number of ether oxygens (including phenoxy) is 2. The van der Waals surface area contributed by atoms with Gasteiger partial charge in [-0.15, -0.1) is 0 Å². The molecule has 0 radical (unpaired) electrons. The lowest BCUT2D eigenvalue weighted by Crippen LogP contribution is -2.27. The maximum atomic E-state index is 13.0. The molecule has 2 fully saturated rings. The number of halogens is 2. The van der Waals surface area contributed by atoms with Crippen LogP contribution in [0.2, 0.25) is 0 Å². The van der Waals surface area contributed by atoms with E-state index in [-0.39, 0.29) is 12.2 Å². The van der Waals surface area contributed by atoms with Crippen molar-refractivity contribution in [3.63, 3.8) is 0 Å². The fraction of sp³-hybridized carbons (Fsp3) is 0.667. The molecule has 0 amide bonds. The average molecular weight is 423 g/mol. The second kappa shape index (κ2) is 10.4. The Morgan fingerprint density at radius 2 is 1.00 bits per heavy atom. The van der Waals surface area contributed by atoms with Crippen molar-refractivity contribution in [1.29, 1.82) is 0 Å². The van der Waals surface area contributed by atoms with E-state index in [1.54, 1.807) is 0 Å². The summed E-state index contributed by atoms with van der Waals surface area (Å²) in [7, 11) is 0. The number of carbonyl (C=O) groups is 2. The van der Waals surface area contributed by atoms with Gasteiger partial charge in [-0.1, -0.05) is 24.3 Å². The fourth-order valence-corrected chi connectivity index (χ4v) is 4.58. The Labute approximate surface area is 177 Å². The van der Waals surface area contributed by atoms with E-state index in [1.807, 2.05) is 0 Å². The minimum atomic E-state index is -1.57. The van der Waals surface area contributed by atoms with Crippen LogP contribution in [0.15, 0.2) is 24.3 Å². The van der Waals surface area contributed by atoms with Crippen LogP contribution in [0.1, 0.15) is 88.2 Å². The van der Waals surface area contributed by atoms with Gasteiger partial charge in [-0.05, 0) is 88.2 Å². The Morgan fingerprint density at radius 3 is 1.27 bits per heavy atom. The van der Waals surface area contributed by atoms with Gasteiger partial charge in [-0.25, -0.2) is 18.4 Å². The highest BCUT2D eigenvalue weighted by atomic mass is 19.1. The number of alkyl halides is 2. The first-order valence-corrected chi connectivity index (χ1v) is 11.1. The average Bonchev–Trinajstić information content (AvgIpc) is 2.75. The first kappa shape index (κ1) is 22.7. The molecule has 0 aromatic heterocycles. The molecule has 2 aliphatic rings. The van der Waals surface area contributed by atoms with Crippen LogP contribution in [0, 0.1) is 0 Å². The van der Waals surface area contributed by atoms with Gasteiger partial charge in [-0.2, -0.15) is 0 Å². The Morgan fingerprint density at radius 1 is 0.700 bits per heavy atom. The molecule has 2 saturated carbocycles. The summed E-state index contributed by atoms with van der Waals surface area (Å²) in [5.74, 6) is -0.637. The van der Waals surface area contributed by atoms with Gasteiger partial charge in [0.05, 0.1) is 0 Å². The van der Waals surface area contributed by atoms with Crippen molar-refractivity contribution in [2.45, 2.75) is 102 Å². The van der Waals surface area contributed by atoms with Gasteiger partial charge in [0.2, 0.25) is 0 Å². The molecule has 1 aromatic carbocycles. The number of rotatable bonds is 6. The summed E-state index contributed by atoms with van der Waals surface area (Å²) in [5, 5.41) is 0. The van der Waals surface area contributed by atoms with Crippen LogP contribution in [0.5, 0.6) is 0 Å². The van der Waals surface area contributed by atoms with Gasteiger partial charge < -0.3 is 9.47 Å². The summed E-state index contributed by atoms with van der Waals surface area (Å²) in [4.78, 5) is 22.8. The molecule has 2 atom stereocenters. The molecule has 0 unspecified atom stereocenters. The smallest absolute Gasteiger partial charge is 0.340 e. The van der Waals surface area contributed by atoms with Crippen molar-refractivity contribution < 1.29 is 27.8 Å². The van der Waals surface area contributed by atoms with E-state index < -0.39 is 24.3 Å². The highest BCUT2D eigenvalue weighted by Crippen LogP contribution is 2.37. The maximum absolute atomic E-state index is 13.0. The molecule has 2 aliphatic carbocycles. The van der Waals surface area contributed by atoms with E-state index in [0.717, 1.165) is 51.4 Å². The standard InChI is InChI=1S/C24H32F2O4/c1-15(25)23(27)29-21-11-7-19(8-12-21)17-3-5-18(6-4-17)20-9-13-22(14-10-20)30-24(28)16(2)26/h3-6,15-16,19-22H,7-14H2,1-2H3/t15-,16-,19?,20?,21?,22?/m0/s1. The number of esters is 2. The largest absolute Gasteiger partial charge is 0.460 e. The molecular formula is C24H32F2O4. The van der Waals surface area contributed by atoms with Gasteiger partial charge in [0, 0.05) is 0 Å². The van der Waals surface area contributed by atoms with E-state index in [1.165, 1.54) is 25.0 Å². The third-order valence-electron chi connectivity index (χ3n) is 6.44. The second-order valence-electron chi connectivity index (χ2n) is 8.72. The zero-order valence-electron chi connectivity index (χ0n) is 17.8. The summed E-state index contributed by atoms with van der Waals surface area (Å²) in [6.07, 6.45) is 3.33. The third-order valence-corrected chi connectivity index (χ3v) is 6.44. The Bertz CT molecular complexity index is 639. The van der Waals surface area contributed by atoms with Crippen LogP contribution in [0.4, 0.5) is 8.78 Å². The fourth-order valence-electron chi connectivity index (χ4n) is 4.58. The summed E-state index contributed by atoms with van der Waals surface area (Å²) in [5.41, 5.74) is 2.59. The van der Waals surface area contributed by atoms with Crippen LogP contribution >= 0.6 is 0 Å².